The van der Waals surface area contributed by atoms with Crippen molar-refractivity contribution >= 4 is 22.2 Å². The van der Waals surface area contributed by atoms with Crippen LogP contribution in [0, 0.1) is 12.7 Å². The Bertz CT molecular complexity index is 717. The lowest BCUT2D eigenvalue weighted by atomic mass is 10.1. The second-order valence-electron chi connectivity index (χ2n) is 4.78. The molecule has 2 heterocycles. The van der Waals surface area contributed by atoms with Crippen molar-refractivity contribution in [1.29, 1.82) is 0 Å². The molecule has 0 bridgehead atoms. The normalized spacial score (nSPS) is 11.3. The second kappa shape index (κ2) is 5.73. The number of hydrogen-bond acceptors (Lipinski definition) is 3. The fourth-order valence-corrected chi connectivity index (χ4v) is 3.05. The zero-order valence-corrected chi connectivity index (χ0v) is 12.1. The van der Waals surface area contributed by atoms with Crippen molar-refractivity contribution in [1.82, 2.24) is 15.3 Å². The molecule has 0 aliphatic heterocycles. The predicted octanol–water partition coefficient (Wildman–Crippen LogP) is 3.40. The van der Waals surface area contributed by atoms with Crippen LogP contribution in [0.25, 0.3) is 10.9 Å². The van der Waals surface area contributed by atoms with Gasteiger partial charge in [-0.25, -0.2) is 9.37 Å². The molecule has 3 aromatic rings. The van der Waals surface area contributed by atoms with Gasteiger partial charge in [0.15, 0.2) is 0 Å². The standard InChI is InChI=1S/C15H16FN3S/c1-10-18-9-13(20-10)8-17-5-4-11-7-19-15-6-12(16)2-3-14(11)15/h2-3,6-7,9,17,19H,4-5,8H2,1H3. The third-order valence-corrected chi connectivity index (χ3v) is 4.18. The van der Waals surface area contributed by atoms with E-state index in [1.54, 1.807) is 11.3 Å². The summed E-state index contributed by atoms with van der Waals surface area (Å²) in [6.45, 7) is 3.75. The van der Waals surface area contributed by atoms with Gasteiger partial charge < -0.3 is 10.3 Å². The molecule has 20 heavy (non-hydrogen) atoms. The van der Waals surface area contributed by atoms with E-state index in [0.717, 1.165) is 35.4 Å². The van der Waals surface area contributed by atoms with E-state index in [-0.39, 0.29) is 5.82 Å². The monoisotopic (exact) mass is 289 g/mol. The van der Waals surface area contributed by atoms with Gasteiger partial charge >= 0.3 is 0 Å². The zero-order chi connectivity index (χ0) is 13.9. The molecule has 3 rings (SSSR count). The molecule has 3 nitrogen and oxygen atoms in total. The molecule has 0 saturated heterocycles. The SMILES string of the molecule is Cc1ncc(CNCCc2c[nH]c3cc(F)ccc23)s1. The van der Waals surface area contributed by atoms with Crippen LogP contribution < -0.4 is 5.32 Å². The van der Waals surface area contributed by atoms with Gasteiger partial charge in [-0.15, -0.1) is 11.3 Å². The van der Waals surface area contributed by atoms with Gasteiger partial charge in [0.2, 0.25) is 0 Å². The zero-order valence-electron chi connectivity index (χ0n) is 11.2. The van der Waals surface area contributed by atoms with Crippen molar-refractivity contribution in [3.63, 3.8) is 0 Å². The summed E-state index contributed by atoms with van der Waals surface area (Å²) in [5.74, 6) is -0.204. The summed E-state index contributed by atoms with van der Waals surface area (Å²) in [4.78, 5) is 8.60. The number of thiazole rings is 1. The first-order valence-electron chi connectivity index (χ1n) is 6.60. The van der Waals surface area contributed by atoms with Gasteiger partial charge in [-0.2, -0.15) is 0 Å². The summed E-state index contributed by atoms with van der Waals surface area (Å²) in [6, 6.07) is 4.88. The molecular formula is C15H16FN3S. The van der Waals surface area contributed by atoms with Crippen LogP contribution in [0.1, 0.15) is 15.4 Å². The number of hydrogen-bond donors (Lipinski definition) is 2. The minimum atomic E-state index is -0.204. The van der Waals surface area contributed by atoms with E-state index in [9.17, 15) is 4.39 Å². The lowest BCUT2D eigenvalue weighted by Gasteiger charge is -2.02. The summed E-state index contributed by atoms with van der Waals surface area (Å²) in [6.07, 6.45) is 4.80. The van der Waals surface area contributed by atoms with E-state index in [1.807, 2.05) is 25.4 Å². The number of aromatic amines is 1. The maximum Gasteiger partial charge on any atom is 0.125 e. The minimum Gasteiger partial charge on any atom is -0.361 e. The number of aryl methyl sites for hydroxylation is 1. The first kappa shape index (κ1) is 13.3. The van der Waals surface area contributed by atoms with Crippen LogP contribution in [-0.4, -0.2) is 16.5 Å². The molecule has 0 atom stereocenters. The molecule has 0 fully saturated rings. The summed E-state index contributed by atoms with van der Waals surface area (Å²) in [7, 11) is 0. The minimum absolute atomic E-state index is 0.204. The molecule has 0 radical (unpaired) electrons. The first-order valence-corrected chi connectivity index (χ1v) is 7.41. The van der Waals surface area contributed by atoms with Gasteiger partial charge in [0.25, 0.3) is 0 Å². The molecule has 2 N–H and O–H groups in total. The van der Waals surface area contributed by atoms with Crippen molar-refractivity contribution in [3.8, 4) is 0 Å². The predicted molar refractivity (Wildman–Crippen MR) is 80.5 cm³/mol. The fraction of sp³-hybridized carbons (Fsp3) is 0.267. The summed E-state index contributed by atoms with van der Waals surface area (Å²) in [5, 5.41) is 5.61. The lowest BCUT2D eigenvalue weighted by molar-refractivity contribution is 0.629. The van der Waals surface area contributed by atoms with Crippen molar-refractivity contribution in [2.75, 3.05) is 6.54 Å². The van der Waals surface area contributed by atoms with Crippen molar-refractivity contribution in [2.24, 2.45) is 0 Å². The molecule has 1 aromatic carbocycles. The Kier molecular flexibility index (Phi) is 3.80. The molecule has 104 valence electrons. The van der Waals surface area contributed by atoms with Crippen LogP contribution >= 0.6 is 11.3 Å². The van der Waals surface area contributed by atoms with E-state index >= 15 is 0 Å². The summed E-state index contributed by atoms with van der Waals surface area (Å²) in [5.41, 5.74) is 2.08. The van der Waals surface area contributed by atoms with E-state index in [1.165, 1.54) is 22.6 Å². The second-order valence-corrected chi connectivity index (χ2v) is 6.10. The van der Waals surface area contributed by atoms with Gasteiger partial charge in [-0.3, -0.25) is 0 Å². The number of benzene rings is 1. The van der Waals surface area contributed by atoms with Gasteiger partial charge in [0, 0.05) is 34.7 Å². The molecule has 0 aliphatic carbocycles. The maximum atomic E-state index is 13.1. The van der Waals surface area contributed by atoms with Crippen LogP contribution in [0.15, 0.2) is 30.6 Å². The van der Waals surface area contributed by atoms with Crippen LogP contribution in [0.2, 0.25) is 0 Å². The summed E-state index contributed by atoms with van der Waals surface area (Å²) < 4.78 is 13.1. The molecule has 0 saturated carbocycles. The highest BCUT2D eigenvalue weighted by atomic mass is 32.1. The average molecular weight is 289 g/mol. The number of nitrogens with one attached hydrogen (secondary N) is 2. The van der Waals surface area contributed by atoms with E-state index in [2.05, 4.69) is 15.3 Å². The third-order valence-electron chi connectivity index (χ3n) is 3.27. The molecule has 2 aromatic heterocycles. The highest BCUT2D eigenvalue weighted by molar-refractivity contribution is 7.11. The van der Waals surface area contributed by atoms with Crippen molar-refractivity contribution < 1.29 is 4.39 Å². The highest BCUT2D eigenvalue weighted by Crippen LogP contribution is 2.19. The Balaban J connectivity index is 1.57. The quantitative estimate of drug-likeness (QED) is 0.707. The number of nitrogens with zero attached hydrogens (tertiary/aromatic N) is 1. The van der Waals surface area contributed by atoms with Crippen molar-refractivity contribution in [2.45, 2.75) is 19.9 Å². The van der Waals surface area contributed by atoms with E-state index in [4.69, 9.17) is 0 Å². The largest absolute Gasteiger partial charge is 0.361 e. The maximum absolute atomic E-state index is 13.1. The topological polar surface area (TPSA) is 40.7 Å². The highest BCUT2D eigenvalue weighted by Gasteiger charge is 2.04. The Morgan fingerprint density at radius 3 is 3.10 bits per heavy atom. The lowest BCUT2D eigenvalue weighted by Crippen LogP contribution is -2.15. The number of H-pyrrole nitrogens is 1. The van der Waals surface area contributed by atoms with Gasteiger partial charge in [0.05, 0.1) is 5.01 Å². The van der Waals surface area contributed by atoms with Crippen LogP contribution in [0.4, 0.5) is 4.39 Å². The number of aromatic nitrogens is 2. The smallest absolute Gasteiger partial charge is 0.125 e. The van der Waals surface area contributed by atoms with Crippen LogP contribution in [-0.2, 0) is 13.0 Å². The average Bonchev–Trinajstić information content (AvgIpc) is 3.01. The summed E-state index contributed by atoms with van der Waals surface area (Å²) >= 11 is 1.72. The fourth-order valence-electron chi connectivity index (χ4n) is 2.29. The molecular weight excluding hydrogens is 273 g/mol. The van der Waals surface area contributed by atoms with Gasteiger partial charge in [-0.05, 0) is 43.7 Å². The Hall–Kier alpha value is -1.72. The van der Waals surface area contributed by atoms with E-state index < -0.39 is 0 Å². The first-order chi connectivity index (χ1) is 9.72. The molecule has 0 aliphatic rings. The Labute approximate surface area is 120 Å². The Morgan fingerprint density at radius 1 is 1.40 bits per heavy atom. The molecule has 0 unspecified atom stereocenters. The van der Waals surface area contributed by atoms with Crippen LogP contribution in [0.5, 0.6) is 0 Å². The molecule has 5 heteroatoms. The third kappa shape index (κ3) is 2.89. The van der Waals surface area contributed by atoms with Gasteiger partial charge in [0.1, 0.15) is 5.82 Å². The number of fused-ring (bicyclic) bond motifs is 1. The van der Waals surface area contributed by atoms with Crippen LogP contribution in [0.3, 0.4) is 0 Å². The molecule has 0 amide bonds. The number of halogens is 1. The molecule has 0 spiro atoms. The Morgan fingerprint density at radius 2 is 2.30 bits per heavy atom. The van der Waals surface area contributed by atoms with E-state index in [0.29, 0.717) is 0 Å². The number of rotatable bonds is 5. The van der Waals surface area contributed by atoms with Crippen molar-refractivity contribution in [3.05, 3.63) is 51.9 Å². The van der Waals surface area contributed by atoms with Gasteiger partial charge in [-0.1, -0.05) is 0 Å².